The van der Waals surface area contributed by atoms with Crippen molar-refractivity contribution in [2.24, 2.45) is 11.7 Å². The summed E-state index contributed by atoms with van der Waals surface area (Å²) in [7, 11) is 2.15. The number of nitrogens with zero attached hydrogens (tertiary/aromatic N) is 1. The van der Waals surface area contributed by atoms with Crippen molar-refractivity contribution in [3.8, 4) is 0 Å². The molecule has 0 amide bonds. The zero-order chi connectivity index (χ0) is 14.7. The molecule has 20 heavy (non-hydrogen) atoms. The Hall–Kier alpha value is -1.16. The SMILES string of the molecule is CSc1cccc(N(C)C2CCC(C)CC2)c1C(=N)N. The highest BCUT2D eigenvalue weighted by atomic mass is 32.2. The molecule has 1 saturated carbocycles. The molecule has 1 aliphatic carbocycles. The zero-order valence-corrected chi connectivity index (χ0v) is 13.5. The number of thioether (sulfide) groups is 1. The van der Waals surface area contributed by atoms with Gasteiger partial charge in [0.2, 0.25) is 0 Å². The number of anilines is 1. The Kier molecular flexibility index (Phi) is 4.97. The van der Waals surface area contributed by atoms with Gasteiger partial charge in [0, 0.05) is 23.7 Å². The predicted molar refractivity (Wildman–Crippen MR) is 89.1 cm³/mol. The van der Waals surface area contributed by atoms with Crippen molar-refractivity contribution in [1.29, 1.82) is 5.41 Å². The number of rotatable bonds is 4. The van der Waals surface area contributed by atoms with Gasteiger partial charge in [-0.2, -0.15) is 0 Å². The van der Waals surface area contributed by atoms with Crippen LogP contribution in [0.5, 0.6) is 0 Å². The molecular weight excluding hydrogens is 266 g/mol. The molecule has 0 atom stereocenters. The first-order valence-corrected chi connectivity index (χ1v) is 8.51. The highest BCUT2D eigenvalue weighted by molar-refractivity contribution is 7.98. The second kappa shape index (κ2) is 6.53. The van der Waals surface area contributed by atoms with Crippen LogP contribution in [0.1, 0.15) is 38.2 Å². The Labute approximate surface area is 126 Å². The first-order chi connectivity index (χ1) is 9.54. The summed E-state index contributed by atoms with van der Waals surface area (Å²) in [4.78, 5) is 3.42. The van der Waals surface area contributed by atoms with E-state index in [0.717, 1.165) is 22.1 Å². The molecule has 4 heteroatoms. The number of hydrogen-bond acceptors (Lipinski definition) is 3. The maximum absolute atomic E-state index is 7.90. The maximum atomic E-state index is 7.90. The molecule has 3 N–H and O–H groups in total. The lowest BCUT2D eigenvalue weighted by Gasteiger charge is -2.36. The van der Waals surface area contributed by atoms with Crippen LogP contribution in [0.2, 0.25) is 0 Å². The van der Waals surface area contributed by atoms with E-state index in [0.29, 0.717) is 6.04 Å². The van der Waals surface area contributed by atoms with E-state index in [9.17, 15) is 0 Å². The third kappa shape index (κ3) is 3.11. The van der Waals surface area contributed by atoms with Crippen molar-refractivity contribution >= 4 is 23.3 Å². The molecule has 0 radical (unpaired) electrons. The van der Waals surface area contributed by atoms with E-state index < -0.39 is 0 Å². The van der Waals surface area contributed by atoms with Gasteiger partial charge in [0.1, 0.15) is 5.84 Å². The fraction of sp³-hybridized carbons (Fsp3) is 0.562. The number of nitrogens with two attached hydrogens (primary N) is 1. The van der Waals surface area contributed by atoms with Crippen LogP contribution in [0.15, 0.2) is 23.1 Å². The van der Waals surface area contributed by atoms with Crippen LogP contribution in [0.25, 0.3) is 0 Å². The van der Waals surface area contributed by atoms with E-state index in [-0.39, 0.29) is 5.84 Å². The second-order valence-electron chi connectivity index (χ2n) is 5.79. The van der Waals surface area contributed by atoms with E-state index in [1.165, 1.54) is 25.7 Å². The van der Waals surface area contributed by atoms with Gasteiger partial charge in [-0.05, 0) is 50.0 Å². The summed E-state index contributed by atoms with van der Waals surface area (Å²) < 4.78 is 0. The van der Waals surface area contributed by atoms with E-state index in [4.69, 9.17) is 11.1 Å². The molecule has 1 aromatic carbocycles. The van der Waals surface area contributed by atoms with Crippen LogP contribution in [-0.4, -0.2) is 25.2 Å². The van der Waals surface area contributed by atoms with Crippen molar-refractivity contribution in [2.75, 3.05) is 18.2 Å². The summed E-state index contributed by atoms with van der Waals surface area (Å²) in [5.74, 6) is 1.02. The van der Waals surface area contributed by atoms with E-state index in [1.807, 2.05) is 12.3 Å². The van der Waals surface area contributed by atoms with Gasteiger partial charge in [-0.1, -0.05) is 13.0 Å². The lowest BCUT2D eigenvalue weighted by atomic mass is 9.86. The van der Waals surface area contributed by atoms with Crippen molar-refractivity contribution < 1.29 is 0 Å². The van der Waals surface area contributed by atoms with Gasteiger partial charge in [0.25, 0.3) is 0 Å². The first kappa shape index (κ1) is 15.2. The maximum Gasteiger partial charge on any atom is 0.126 e. The van der Waals surface area contributed by atoms with E-state index >= 15 is 0 Å². The summed E-state index contributed by atoms with van der Waals surface area (Å²) in [6.07, 6.45) is 7.10. The quantitative estimate of drug-likeness (QED) is 0.505. The highest BCUT2D eigenvalue weighted by Gasteiger charge is 2.24. The molecule has 0 aromatic heterocycles. The van der Waals surface area contributed by atoms with Crippen LogP contribution in [0, 0.1) is 11.3 Å². The standard InChI is InChI=1S/C16H25N3S/c1-11-7-9-12(10-8-11)19(2)13-5-4-6-14(20-3)15(13)16(17)18/h4-6,11-12H,7-10H2,1-3H3,(H3,17,18). The van der Waals surface area contributed by atoms with E-state index in [1.54, 1.807) is 11.8 Å². The van der Waals surface area contributed by atoms with Crippen LogP contribution in [0.3, 0.4) is 0 Å². The molecule has 1 aliphatic rings. The molecule has 2 rings (SSSR count). The van der Waals surface area contributed by atoms with Gasteiger partial charge in [0.05, 0.1) is 5.56 Å². The van der Waals surface area contributed by atoms with Crippen LogP contribution in [0.4, 0.5) is 5.69 Å². The fourth-order valence-corrected chi connectivity index (χ4v) is 3.71. The third-order valence-electron chi connectivity index (χ3n) is 4.41. The summed E-state index contributed by atoms with van der Waals surface area (Å²) in [6.45, 7) is 2.34. The molecule has 0 saturated heterocycles. The predicted octanol–water partition coefficient (Wildman–Crippen LogP) is 3.71. The van der Waals surface area contributed by atoms with Gasteiger partial charge < -0.3 is 10.6 Å². The van der Waals surface area contributed by atoms with Gasteiger partial charge in [-0.15, -0.1) is 11.8 Å². The Bertz CT molecular complexity index is 479. The lowest BCUT2D eigenvalue weighted by Crippen LogP contribution is -2.36. The lowest BCUT2D eigenvalue weighted by molar-refractivity contribution is 0.340. The van der Waals surface area contributed by atoms with Crippen LogP contribution < -0.4 is 10.6 Å². The minimum Gasteiger partial charge on any atom is -0.384 e. The number of nitrogen functional groups attached to an aromatic ring is 1. The Balaban J connectivity index is 2.29. The summed E-state index contributed by atoms with van der Waals surface area (Å²) in [5, 5.41) is 7.90. The zero-order valence-electron chi connectivity index (χ0n) is 12.6. The molecule has 0 spiro atoms. The number of benzene rings is 1. The number of amidine groups is 1. The molecule has 1 fully saturated rings. The second-order valence-corrected chi connectivity index (χ2v) is 6.64. The number of nitrogens with one attached hydrogen (secondary N) is 1. The topological polar surface area (TPSA) is 53.1 Å². The molecule has 0 heterocycles. The normalized spacial score (nSPS) is 22.6. The summed E-state index contributed by atoms with van der Waals surface area (Å²) in [5.41, 5.74) is 7.81. The Morgan fingerprint density at radius 1 is 1.30 bits per heavy atom. The van der Waals surface area contributed by atoms with Gasteiger partial charge in [-0.25, -0.2) is 0 Å². The monoisotopic (exact) mass is 291 g/mol. The number of hydrogen-bond donors (Lipinski definition) is 2. The summed E-state index contributed by atoms with van der Waals surface area (Å²) >= 11 is 1.65. The van der Waals surface area contributed by atoms with Crippen molar-refractivity contribution in [3.05, 3.63) is 23.8 Å². The molecule has 0 unspecified atom stereocenters. The summed E-state index contributed by atoms with van der Waals surface area (Å²) in [6, 6.07) is 6.77. The fourth-order valence-electron chi connectivity index (χ4n) is 3.08. The molecular formula is C16H25N3S. The minimum absolute atomic E-state index is 0.168. The molecule has 1 aromatic rings. The average molecular weight is 291 g/mol. The molecule has 0 bridgehead atoms. The third-order valence-corrected chi connectivity index (χ3v) is 5.19. The Morgan fingerprint density at radius 3 is 2.50 bits per heavy atom. The van der Waals surface area contributed by atoms with Gasteiger partial charge in [-0.3, -0.25) is 5.41 Å². The Morgan fingerprint density at radius 2 is 1.95 bits per heavy atom. The molecule has 3 nitrogen and oxygen atoms in total. The smallest absolute Gasteiger partial charge is 0.126 e. The van der Waals surface area contributed by atoms with Crippen molar-refractivity contribution in [3.63, 3.8) is 0 Å². The largest absolute Gasteiger partial charge is 0.384 e. The van der Waals surface area contributed by atoms with E-state index in [2.05, 4.69) is 31.0 Å². The van der Waals surface area contributed by atoms with Crippen LogP contribution in [-0.2, 0) is 0 Å². The van der Waals surface area contributed by atoms with Gasteiger partial charge in [0.15, 0.2) is 0 Å². The van der Waals surface area contributed by atoms with Crippen LogP contribution >= 0.6 is 11.8 Å². The molecule has 110 valence electrons. The minimum atomic E-state index is 0.168. The highest BCUT2D eigenvalue weighted by Crippen LogP contribution is 2.34. The van der Waals surface area contributed by atoms with Crippen molar-refractivity contribution in [1.82, 2.24) is 0 Å². The average Bonchev–Trinajstić information content (AvgIpc) is 2.46. The van der Waals surface area contributed by atoms with Gasteiger partial charge >= 0.3 is 0 Å². The van der Waals surface area contributed by atoms with Crippen molar-refractivity contribution in [2.45, 2.75) is 43.5 Å². The first-order valence-electron chi connectivity index (χ1n) is 7.28. The molecule has 0 aliphatic heterocycles.